The molecule has 0 saturated heterocycles. The Labute approximate surface area is 194 Å². The maximum absolute atomic E-state index is 12.5. The number of hydrogen-bond donors (Lipinski definition) is 1. The van der Waals surface area contributed by atoms with Crippen molar-refractivity contribution in [2.24, 2.45) is 5.92 Å². The number of unbranched alkanes of at least 4 members (excludes halogenated alkanes) is 12. The van der Waals surface area contributed by atoms with Crippen molar-refractivity contribution in [2.45, 2.75) is 123 Å². The van der Waals surface area contributed by atoms with Crippen LogP contribution in [-0.2, 0) is 11.0 Å². The van der Waals surface area contributed by atoms with E-state index in [1.54, 1.807) is 0 Å². The molecule has 2 atom stereocenters. The highest BCUT2D eigenvalue weighted by Crippen LogP contribution is 2.45. The Morgan fingerprint density at radius 1 is 0.742 bits per heavy atom. The summed E-state index contributed by atoms with van der Waals surface area (Å²) >= 11 is 0. The minimum absolute atomic E-state index is 0.444. The summed E-state index contributed by atoms with van der Waals surface area (Å²) in [5.41, 5.74) is 1.47. The van der Waals surface area contributed by atoms with Crippen LogP contribution in [0.5, 0.6) is 0 Å². The summed E-state index contributed by atoms with van der Waals surface area (Å²) in [6.45, 7) is 4.35. The van der Waals surface area contributed by atoms with Gasteiger partial charge in [-0.15, -0.1) is 0 Å². The molecule has 2 unspecified atom stereocenters. The molecule has 0 bridgehead atoms. The zero-order valence-corrected chi connectivity index (χ0v) is 21.6. The van der Waals surface area contributed by atoms with Crippen LogP contribution in [0, 0.1) is 5.92 Å². The summed E-state index contributed by atoms with van der Waals surface area (Å²) in [5, 5.41) is 0. The van der Waals surface area contributed by atoms with Gasteiger partial charge in [0.25, 0.3) is 0 Å². The lowest BCUT2D eigenvalue weighted by Crippen LogP contribution is -2.08. The van der Waals surface area contributed by atoms with Gasteiger partial charge in [0.1, 0.15) is 0 Å². The largest absolute Gasteiger partial charge is 0.344 e. The summed E-state index contributed by atoms with van der Waals surface area (Å²) in [5.74, 6) is 0.444. The van der Waals surface area contributed by atoms with E-state index in [-0.39, 0.29) is 0 Å². The molecule has 0 amide bonds. The highest BCUT2D eigenvalue weighted by atomic mass is 31.2. The molecule has 0 aliphatic rings. The van der Waals surface area contributed by atoms with Gasteiger partial charge in [0, 0.05) is 12.3 Å². The fourth-order valence-corrected chi connectivity index (χ4v) is 6.66. The number of benzene rings is 1. The SMILES string of the molecule is CCCCC(CC)CP(=O)(O)CCCCCCCCCCCCCCc1ccccc1. The van der Waals surface area contributed by atoms with Gasteiger partial charge >= 0.3 is 0 Å². The van der Waals surface area contributed by atoms with E-state index in [0.29, 0.717) is 18.2 Å². The lowest BCUT2D eigenvalue weighted by atomic mass is 10.0. The summed E-state index contributed by atoms with van der Waals surface area (Å²) in [6, 6.07) is 10.8. The van der Waals surface area contributed by atoms with Crippen LogP contribution in [0.25, 0.3) is 0 Å². The first kappa shape index (κ1) is 28.4. The number of aryl methyl sites for hydroxylation is 1. The Hall–Kier alpha value is -0.590. The molecule has 1 aromatic carbocycles. The van der Waals surface area contributed by atoms with Gasteiger partial charge in [0.15, 0.2) is 0 Å². The van der Waals surface area contributed by atoms with Gasteiger partial charge in [0.05, 0.1) is 0 Å². The van der Waals surface area contributed by atoms with Crippen molar-refractivity contribution in [1.82, 2.24) is 0 Å². The van der Waals surface area contributed by atoms with Gasteiger partial charge in [-0.25, -0.2) is 0 Å². The minimum atomic E-state index is -2.91. The third-order valence-corrected chi connectivity index (χ3v) is 8.75. The second-order valence-electron chi connectivity index (χ2n) is 9.65. The lowest BCUT2D eigenvalue weighted by Gasteiger charge is -2.19. The Kier molecular flexibility index (Phi) is 17.4. The summed E-state index contributed by atoms with van der Waals surface area (Å²) in [4.78, 5) is 10.3. The summed E-state index contributed by atoms with van der Waals surface area (Å²) in [6.07, 6.45) is 22.3. The maximum Gasteiger partial charge on any atom is 0.200 e. The predicted octanol–water partition coefficient (Wildman–Crippen LogP) is 9.40. The molecular formula is C28H51O2P. The minimum Gasteiger partial charge on any atom is -0.344 e. The van der Waals surface area contributed by atoms with E-state index in [1.807, 2.05) is 0 Å². The molecule has 0 aliphatic carbocycles. The van der Waals surface area contributed by atoms with Crippen LogP contribution in [0.15, 0.2) is 30.3 Å². The molecular weight excluding hydrogens is 399 g/mol. The molecule has 0 radical (unpaired) electrons. The van der Waals surface area contributed by atoms with E-state index in [9.17, 15) is 9.46 Å². The summed E-state index contributed by atoms with van der Waals surface area (Å²) < 4.78 is 12.5. The molecule has 0 spiro atoms. The average Bonchev–Trinajstić information content (AvgIpc) is 2.77. The Morgan fingerprint density at radius 3 is 1.77 bits per heavy atom. The zero-order valence-electron chi connectivity index (χ0n) is 20.7. The van der Waals surface area contributed by atoms with E-state index in [4.69, 9.17) is 0 Å². The molecule has 1 rings (SSSR count). The Morgan fingerprint density at radius 2 is 1.26 bits per heavy atom. The van der Waals surface area contributed by atoms with E-state index in [1.165, 1.54) is 89.0 Å². The number of rotatable bonds is 21. The first-order valence-electron chi connectivity index (χ1n) is 13.4. The van der Waals surface area contributed by atoms with Crippen molar-refractivity contribution in [2.75, 3.05) is 12.3 Å². The van der Waals surface area contributed by atoms with Crippen molar-refractivity contribution in [3.8, 4) is 0 Å². The molecule has 0 saturated carbocycles. The van der Waals surface area contributed by atoms with Gasteiger partial charge in [0.2, 0.25) is 7.37 Å². The maximum atomic E-state index is 12.5. The summed E-state index contributed by atoms with van der Waals surface area (Å²) in [7, 11) is -2.91. The smallest absolute Gasteiger partial charge is 0.200 e. The molecule has 3 heteroatoms. The van der Waals surface area contributed by atoms with Crippen LogP contribution in [0.4, 0.5) is 0 Å². The fraction of sp³-hybridized carbons (Fsp3) is 0.786. The standard InChI is InChI=1S/C28H51O2P/c1-3-5-21-27(4-2)26-31(29,30)25-20-15-13-11-9-7-6-8-10-12-14-17-22-28-23-18-16-19-24-28/h16,18-19,23-24,27H,3-15,17,20-22,25-26H2,1-2H3,(H,29,30). The lowest BCUT2D eigenvalue weighted by molar-refractivity contribution is 0.435. The number of hydrogen-bond acceptors (Lipinski definition) is 1. The molecule has 0 fully saturated rings. The van der Waals surface area contributed by atoms with Gasteiger partial charge < -0.3 is 4.89 Å². The van der Waals surface area contributed by atoms with Crippen LogP contribution >= 0.6 is 7.37 Å². The second-order valence-corrected chi connectivity index (χ2v) is 12.2. The third kappa shape index (κ3) is 16.7. The topological polar surface area (TPSA) is 37.3 Å². The second kappa shape index (κ2) is 18.9. The van der Waals surface area contributed by atoms with Gasteiger partial charge in [-0.05, 0) is 37.2 Å². The van der Waals surface area contributed by atoms with Crippen molar-refractivity contribution in [3.63, 3.8) is 0 Å². The Bertz CT molecular complexity index is 557. The first-order valence-corrected chi connectivity index (χ1v) is 15.4. The molecule has 0 heterocycles. The zero-order chi connectivity index (χ0) is 22.6. The molecule has 1 N–H and O–H groups in total. The van der Waals surface area contributed by atoms with Crippen molar-refractivity contribution < 1.29 is 9.46 Å². The van der Waals surface area contributed by atoms with Crippen LogP contribution in [0.1, 0.15) is 122 Å². The third-order valence-electron chi connectivity index (χ3n) is 6.65. The molecule has 1 aromatic rings. The van der Waals surface area contributed by atoms with Crippen LogP contribution < -0.4 is 0 Å². The van der Waals surface area contributed by atoms with E-state index in [0.717, 1.165) is 25.7 Å². The van der Waals surface area contributed by atoms with Crippen LogP contribution in [-0.4, -0.2) is 17.2 Å². The normalized spacial score (nSPS) is 14.4. The van der Waals surface area contributed by atoms with Crippen molar-refractivity contribution >= 4 is 7.37 Å². The molecule has 0 aromatic heterocycles. The molecule has 31 heavy (non-hydrogen) atoms. The van der Waals surface area contributed by atoms with Crippen molar-refractivity contribution in [1.29, 1.82) is 0 Å². The van der Waals surface area contributed by atoms with Crippen molar-refractivity contribution in [3.05, 3.63) is 35.9 Å². The first-order chi connectivity index (χ1) is 15.1. The van der Waals surface area contributed by atoms with Gasteiger partial charge in [-0.2, -0.15) is 0 Å². The average molecular weight is 451 g/mol. The van der Waals surface area contributed by atoms with Gasteiger partial charge in [-0.3, -0.25) is 4.57 Å². The van der Waals surface area contributed by atoms with E-state index in [2.05, 4.69) is 44.2 Å². The monoisotopic (exact) mass is 450 g/mol. The van der Waals surface area contributed by atoms with Crippen LogP contribution in [0.2, 0.25) is 0 Å². The highest BCUT2D eigenvalue weighted by molar-refractivity contribution is 7.57. The highest BCUT2D eigenvalue weighted by Gasteiger charge is 2.22. The fourth-order valence-electron chi connectivity index (χ4n) is 4.51. The molecule has 180 valence electrons. The molecule has 0 aliphatic heterocycles. The quantitative estimate of drug-likeness (QED) is 0.150. The Balaban J connectivity index is 1.87. The van der Waals surface area contributed by atoms with E-state index < -0.39 is 7.37 Å². The predicted molar refractivity (Wildman–Crippen MR) is 138 cm³/mol. The van der Waals surface area contributed by atoms with Crippen LogP contribution in [0.3, 0.4) is 0 Å². The van der Waals surface area contributed by atoms with E-state index >= 15 is 0 Å². The molecule has 2 nitrogen and oxygen atoms in total. The van der Waals surface area contributed by atoms with Gasteiger partial charge in [-0.1, -0.05) is 128 Å².